The molecule has 0 aromatic carbocycles. The molecule has 0 saturated carbocycles. The van der Waals surface area contributed by atoms with Crippen molar-refractivity contribution in [3.8, 4) is 0 Å². The second-order valence-electron chi connectivity index (χ2n) is 4.65. The van der Waals surface area contributed by atoms with Gasteiger partial charge in [0.2, 0.25) is 0 Å². The third-order valence-corrected chi connectivity index (χ3v) is 3.56. The average molecular weight is 308 g/mol. The van der Waals surface area contributed by atoms with E-state index in [1.54, 1.807) is 6.92 Å². The zero-order chi connectivity index (χ0) is 14.9. The van der Waals surface area contributed by atoms with Crippen LogP contribution in [-0.2, 0) is 9.26 Å². The molecule has 1 aliphatic heterocycles. The van der Waals surface area contributed by atoms with Crippen molar-refractivity contribution in [3.05, 3.63) is 32.6 Å². The average Bonchev–Trinajstić information content (AvgIpc) is 2.79. The van der Waals surface area contributed by atoms with Crippen LogP contribution in [0, 0.1) is 6.92 Å². The van der Waals surface area contributed by atoms with Crippen LogP contribution in [0.4, 0.5) is 0 Å². The number of hydrogen-bond donors (Lipinski definition) is 4. The minimum absolute atomic E-state index is 0.177. The van der Waals surface area contributed by atoms with Gasteiger partial charge in [-0.3, -0.25) is 0 Å². The summed E-state index contributed by atoms with van der Waals surface area (Å²) in [4.78, 5) is 51.4. The molecule has 0 aliphatic carbocycles. The summed E-state index contributed by atoms with van der Waals surface area (Å²) in [5.41, 5.74) is -0.622. The van der Waals surface area contributed by atoms with Crippen LogP contribution < -0.4 is 11.2 Å². The number of aromatic amines is 1. The van der Waals surface area contributed by atoms with E-state index in [9.17, 15) is 9.59 Å². The second-order valence-corrected chi connectivity index (χ2v) is 6.09. The first kappa shape index (κ1) is 15.3. The van der Waals surface area contributed by atoms with Crippen molar-refractivity contribution in [1.82, 2.24) is 9.55 Å². The second kappa shape index (κ2) is 5.72. The maximum atomic E-state index is 11.7. The molecule has 4 N–H and O–H groups in total. The molecule has 0 bridgehead atoms. The Hall–Kier alpha value is -1.09. The molecule has 0 radical (unpaired) electrons. The number of ether oxygens (including phenoxy) is 1. The van der Waals surface area contributed by atoms with Crippen molar-refractivity contribution >= 4 is 8.17 Å². The molecule has 2 heterocycles. The van der Waals surface area contributed by atoms with Crippen molar-refractivity contribution in [1.29, 1.82) is 0 Å². The molecule has 1 fully saturated rings. The summed E-state index contributed by atoms with van der Waals surface area (Å²) in [7, 11) is -4.55. The van der Waals surface area contributed by atoms with Gasteiger partial charge < -0.3 is 0 Å². The zero-order valence-corrected chi connectivity index (χ0v) is 11.8. The van der Waals surface area contributed by atoms with Crippen LogP contribution in [-0.4, -0.2) is 36.9 Å². The molecule has 1 aliphatic rings. The van der Waals surface area contributed by atoms with Crippen LogP contribution in [0.2, 0.25) is 0 Å². The summed E-state index contributed by atoms with van der Waals surface area (Å²) >= 11 is 0. The van der Waals surface area contributed by atoms with Gasteiger partial charge in [0.1, 0.15) is 0 Å². The normalized spacial score (nSPS) is 24.0. The number of nitrogens with one attached hydrogen (secondary N) is 1. The third kappa shape index (κ3) is 3.72. The van der Waals surface area contributed by atoms with Crippen molar-refractivity contribution < 1.29 is 23.9 Å². The zero-order valence-electron chi connectivity index (χ0n) is 10.8. The number of aromatic nitrogens is 2. The van der Waals surface area contributed by atoms with E-state index in [0.29, 0.717) is 18.4 Å². The summed E-state index contributed by atoms with van der Waals surface area (Å²) in [6, 6.07) is 0. The Labute approximate surface area is 114 Å². The van der Waals surface area contributed by atoms with E-state index in [2.05, 4.69) is 9.51 Å². The van der Waals surface area contributed by atoms with Crippen molar-refractivity contribution in [2.45, 2.75) is 32.1 Å². The van der Waals surface area contributed by atoms with Crippen molar-refractivity contribution in [2.24, 2.45) is 0 Å². The van der Waals surface area contributed by atoms with E-state index in [-0.39, 0.29) is 6.61 Å². The molecule has 1 aromatic rings. The monoisotopic (exact) mass is 308 g/mol. The number of rotatable bonds is 4. The van der Waals surface area contributed by atoms with Crippen LogP contribution in [0.25, 0.3) is 0 Å². The Morgan fingerprint density at radius 3 is 2.80 bits per heavy atom. The molecule has 2 rings (SSSR count). The fraction of sp³-hybridized carbons (Fsp3) is 0.600. The van der Waals surface area contributed by atoms with Gasteiger partial charge in [0.15, 0.2) is 0 Å². The molecule has 0 spiro atoms. The van der Waals surface area contributed by atoms with Crippen LogP contribution in [0.15, 0.2) is 15.8 Å². The molecule has 2 unspecified atom stereocenters. The standard InChI is InChI=1S/C10H17N2O7P/c1-6-4-12(10(14)11-9(6)13)8-3-2-7(19-8)5-18-20(15,16)17/h4,7-8,15-17,20H,2-3,5H2,1H3,(H,11,13,14). The van der Waals surface area contributed by atoms with Crippen LogP contribution in [0.1, 0.15) is 24.6 Å². The van der Waals surface area contributed by atoms with E-state index in [4.69, 9.17) is 19.4 Å². The minimum atomic E-state index is -4.55. The summed E-state index contributed by atoms with van der Waals surface area (Å²) in [5, 5.41) is 0. The van der Waals surface area contributed by atoms with Gasteiger partial charge in [-0.2, -0.15) is 0 Å². The molecule has 0 amide bonds. The Bertz CT molecular complexity index is 590. The Morgan fingerprint density at radius 2 is 2.15 bits per heavy atom. The topological polar surface area (TPSA) is 134 Å². The van der Waals surface area contributed by atoms with Gasteiger partial charge >= 0.3 is 113 Å². The maximum absolute atomic E-state index is 11.7. The van der Waals surface area contributed by atoms with Gasteiger partial charge in [0.05, 0.1) is 0 Å². The predicted octanol–water partition coefficient (Wildman–Crippen LogP) is -1.07. The Kier molecular flexibility index (Phi) is 4.38. The Balaban J connectivity index is 2.05. The first-order valence-corrected chi connectivity index (χ1v) is 7.80. The molecule has 10 heteroatoms. The molecule has 20 heavy (non-hydrogen) atoms. The van der Waals surface area contributed by atoms with Crippen LogP contribution >= 0.6 is 8.17 Å². The quantitative estimate of drug-likeness (QED) is 0.520. The fourth-order valence-corrected chi connectivity index (χ4v) is 2.43. The molecule has 2 atom stereocenters. The number of nitrogens with zero attached hydrogens (tertiary/aromatic N) is 1. The molecule has 1 saturated heterocycles. The summed E-state index contributed by atoms with van der Waals surface area (Å²) in [6.07, 6.45) is 1.44. The first-order valence-electron chi connectivity index (χ1n) is 6.05. The first-order chi connectivity index (χ1) is 9.26. The van der Waals surface area contributed by atoms with Gasteiger partial charge in [0, 0.05) is 0 Å². The number of H-pyrrole nitrogens is 1. The molecule has 9 nitrogen and oxygen atoms in total. The third-order valence-electron chi connectivity index (χ3n) is 3.00. The van der Waals surface area contributed by atoms with Crippen molar-refractivity contribution in [2.75, 3.05) is 6.61 Å². The molecule has 1 aromatic heterocycles. The van der Waals surface area contributed by atoms with Crippen LogP contribution in [0.3, 0.4) is 0 Å². The van der Waals surface area contributed by atoms with E-state index in [1.807, 2.05) is 0 Å². The SMILES string of the molecule is Cc1cn(C2CCC(CO[PH](O)(O)O)O2)c(=O)[nH]c1=O. The van der Waals surface area contributed by atoms with E-state index >= 15 is 0 Å². The summed E-state index contributed by atoms with van der Waals surface area (Å²) in [5.74, 6) is 0. The van der Waals surface area contributed by atoms with Gasteiger partial charge in [-0.25, -0.2) is 0 Å². The van der Waals surface area contributed by atoms with Crippen LogP contribution in [0.5, 0.6) is 0 Å². The molecule has 114 valence electrons. The van der Waals surface area contributed by atoms with Crippen molar-refractivity contribution in [3.63, 3.8) is 0 Å². The van der Waals surface area contributed by atoms with Gasteiger partial charge in [0.25, 0.3) is 0 Å². The summed E-state index contributed by atoms with van der Waals surface area (Å²) < 4.78 is 11.3. The molecular formula is C10H17N2O7P. The van der Waals surface area contributed by atoms with E-state index < -0.39 is 31.8 Å². The van der Waals surface area contributed by atoms with Gasteiger partial charge in [-0.1, -0.05) is 0 Å². The van der Waals surface area contributed by atoms with Gasteiger partial charge in [-0.15, -0.1) is 0 Å². The predicted molar refractivity (Wildman–Crippen MR) is 70.1 cm³/mol. The number of hydrogen-bond acceptors (Lipinski definition) is 7. The number of aryl methyl sites for hydroxylation is 1. The van der Waals surface area contributed by atoms with E-state index in [1.165, 1.54) is 10.8 Å². The fourth-order valence-electron chi connectivity index (χ4n) is 2.02. The summed E-state index contributed by atoms with van der Waals surface area (Å²) in [6.45, 7) is 1.40. The molecular weight excluding hydrogens is 291 g/mol. The van der Waals surface area contributed by atoms with E-state index in [0.717, 1.165) is 0 Å². The van der Waals surface area contributed by atoms with Gasteiger partial charge in [-0.05, 0) is 0 Å². The Morgan fingerprint density at radius 1 is 1.45 bits per heavy atom.